The van der Waals surface area contributed by atoms with E-state index in [0.717, 1.165) is 4.88 Å². The summed E-state index contributed by atoms with van der Waals surface area (Å²) < 4.78 is 23.8. The third kappa shape index (κ3) is 2.60. The third-order valence-corrected chi connectivity index (χ3v) is 4.80. The van der Waals surface area contributed by atoms with Gasteiger partial charge in [-0.2, -0.15) is 0 Å². The van der Waals surface area contributed by atoms with Gasteiger partial charge in [0.05, 0.1) is 4.88 Å². The van der Waals surface area contributed by atoms with Crippen LogP contribution in [-0.4, -0.2) is 0 Å². The Balaban J connectivity index is 2.13. The number of hydrogen-bond acceptors (Lipinski definition) is 5. The lowest BCUT2D eigenvalue weighted by molar-refractivity contribution is 0.482. The van der Waals surface area contributed by atoms with Crippen molar-refractivity contribution in [3.63, 3.8) is 0 Å². The summed E-state index contributed by atoms with van der Waals surface area (Å²) in [6, 6.07) is 11.1. The van der Waals surface area contributed by atoms with Crippen LogP contribution >= 0.6 is 11.3 Å². The molecule has 4 rings (SSSR count). The fraction of sp³-hybridized carbons (Fsp3) is 0.0526. The summed E-state index contributed by atoms with van der Waals surface area (Å²) in [6.45, 7) is 1.64. The first-order valence-electron chi connectivity index (χ1n) is 7.46. The van der Waals surface area contributed by atoms with E-state index in [4.69, 9.17) is 8.83 Å². The summed E-state index contributed by atoms with van der Waals surface area (Å²) >= 11 is 1.42. The van der Waals surface area contributed by atoms with Crippen molar-refractivity contribution in [3.8, 4) is 21.8 Å². The Bertz CT molecular complexity index is 1190. The highest BCUT2D eigenvalue weighted by Gasteiger charge is 2.18. The monoisotopic (exact) mass is 354 g/mol. The second-order valence-corrected chi connectivity index (χ2v) is 6.44. The van der Waals surface area contributed by atoms with Gasteiger partial charge in [-0.05, 0) is 42.1 Å². The molecule has 0 atom stereocenters. The van der Waals surface area contributed by atoms with Crippen LogP contribution in [-0.2, 0) is 0 Å². The van der Waals surface area contributed by atoms with Crippen LogP contribution < -0.4 is 11.3 Å². The van der Waals surface area contributed by atoms with Gasteiger partial charge in [0.15, 0.2) is 5.39 Å². The zero-order valence-corrected chi connectivity index (χ0v) is 13.9. The van der Waals surface area contributed by atoms with Crippen molar-refractivity contribution >= 4 is 22.1 Å². The van der Waals surface area contributed by atoms with Gasteiger partial charge in [0, 0.05) is 10.9 Å². The minimum absolute atomic E-state index is 0.148. The van der Waals surface area contributed by atoms with Gasteiger partial charge in [0.25, 0.3) is 0 Å². The fourth-order valence-electron chi connectivity index (χ4n) is 2.83. The molecule has 124 valence electrons. The summed E-state index contributed by atoms with van der Waals surface area (Å²) in [5.41, 5.74) is -0.279. The highest BCUT2D eigenvalue weighted by atomic mass is 32.1. The van der Waals surface area contributed by atoms with Crippen molar-refractivity contribution in [2.75, 3.05) is 0 Å². The maximum Gasteiger partial charge on any atom is 0.351 e. The molecule has 0 unspecified atom stereocenters. The van der Waals surface area contributed by atoms with Crippen LogP contribution in [0.25, 0.3) is 32.5 Å². The van der Waals surface area contributed by atoms with E-state index in [2.05, 4.69) is 0 Å². The van der Waals surface area contributed by atoms with Gasteiger partial charge in [-0.3, -0.25) is 0 Å². The average Bonchev–Trinajstić information content (AvgIpc) is 3.10. The standard InChI is InChI=1S/C19H11FO4S/c1-10-16(11-4-6-12(20)7-5-11)13-9-14(15-3-2-8-25-15)24-19(22)17(13)18(21)23-10/h2-9H,1H3. The Labute approximate surface area is 144 Å². The van der Waals surface area contributed by atoms with Crippen molar-refractivity contribution in [2.45, 2.75) is 6.92 Å². The first-order chi connectivity index (χ1) is 12.0. The number of rotatable bonds is 2. The SMILES string of the molecule is Cc1oc(=O)c2c(=O)oc(-c3cccs3)cc2c1-c1ccc(F)cc1. The van der Waals surface area contributed by atoms with Gasteiger partial charge in [0.2, 0.25) is 0 Å². The van der Waals surface area contributed by atoms with Crippen molar-refractivity contribution in [3.05, 3.63) is 80.3 Å². The normalized spacial score (nSPS) is 11.1. The lowest BCUT2D eigenvalue weighted by Gasteiger charge is -2.09. The predicted octanol–water partition coefficient (Wildman–Crippen LogP) is 4.59. The molecule has 0 aliphatic rings. The van der Waals surface area contributed by atoms with E-state index in [0.29, 0.717) is 28.0 Å². The molecule has 1 aromatic carbocycles. The molecule has 0 saturated carbocycles. The molecule has 25 heavy (non-hydrogen) atoms. The summed E-state index contributed by atoms with van der Waals surface area (Å²) in [4.78, 5) is 25.3. The highest BCUT2D eigenvalue weighted by molar-refractivity contribution is 7.13. The topological polar surface area (TPSA) is 60.4 Å². The Morgan fingerprint density at radius 2 is 1.72 bits per heavy atom. The quantitative estimate of drug-likeness (QED) is 0.528. The highest BCUT2D eigenvalue weighted by Crippen LogP contribution is 2.33. The van der Waals surface area contributed by atoms with Crippen molar-refractivity contribution in [2.24, 2.45) is 0 Å². The van der Waals surface area contributed by atoms with Crippen LogP contribution in [0.5, 0.6) is 0 Å². The van der Waals surface area contributed by atoms with Crippen LogP contribution in [0.1, 0.15) is 5.76 Å². The van der Waals surface area contributed by atoms with Gasteiger partial charge >= 0.3 is 11.3 Å². The molecule has 0 fully saturated rings. The molecule has 0 radical (unpaired) electrons. The van der Waals surface area contributed by atoms with Crippen molar-refractivity contribution in [1.29, 1.82) is 0 Å². The summed E-state index contributed by atoms with van der Waals surface area (Å²) in [7, 11) is 0. The minimum atomic E-state index is -0.752. The van der Waals surface area contributed by atoms with Crippen molar-refractivity contribution < 1.29 is 13.2 Å². The Hall–Kier alpha value is -2.99. The van der Waals surface area contributed by atoms with Crippen LogP contribution in [0.3, 0.4) is 0 Å². The van der Waals surface area contributed by atoms with Crippen molar-refractivity contribution in [1.82, 2.24) is 0 Å². The Kier molecular flexibility index (Phi) is 3.62. The fourth-order valence-corrected chi connectivity index (χ4v) is 3.51. The number of thiophene rings is 1. The zero-order chi connectivity index (χ0) is 17.6. The average molecular weight is 354 g/mol. The largest absolute Gasteiger partial charge is 0.427 e. The molecule has 0 saturated heterocycles. The molecule has 0 amide bonds. The van der Waals surface area contributed by atoms with Gasteiger partial charge in [-0.25, -0.2) is 14.0 Å². The minimum Gasteiger partial charge on any atom is -0.427 e. The number of halogens is 1. The Morgan fingerprint density at radius 1 is 1.00 bits per heavy atom. The molecular weight excluding hydrogens is 343 g/mol. The van der Waals surface area contributed by atoms with Crippen LogP contribution in [0.2, 0.25) is 0 Å². The third-order valence-electron chi connectivity index (χ3n) is 3.92. The summed E-state index contributed by atoms with van der Waals surface area (Å²) in [5.74, 6) is 0.356. The molecule has 0 aliphatic heterocycles. The summed E-state index contributed by atoms with van der Waals surface area (Å²) in [6.07, 6.45) is 0. The molecule has 3 aromatic heterocycles. The smallest absolute Gasteiger partial charge is 0.351 e. The van der Waals surface area contributed by atoms with Crippen LogP contribution in [0.4, 0.5) is 4.39 Å². The maximum atomic E-state index is 13.3. The first-order valence-corrected chi connectivity index (χ1v) is 8.34. The van der Waals surface area contributed by atoms with E-state index in [9.17, 15) is 14.0 Å². The molecule has 0 aliphatic carbocycles. The Morgan fingerprint density at radius 3 is 2.40 bits per heavy atom. The molecule has 0 bridgehead atoms. The second kappa shape index (κ2) is 5.82. The second-order valence-electron chi connectivity index (χ2n) is 5.49. The molecule has 6 heteroatoms. The molecule has 0 spiro atoms. The molecule has 4 nitrogen and oxygen atoms in total. The van der Waals surface area contributed by atoms with Crippen LogP contribution in [0, 0.1) is 12.7 Å². The number of hydrogen-bond donors (Lipinski definition) is 0. The van der Waals surface area contributed by atoms with E-state index in [1.807, 2.05) is 17.5 Å². The lowest BCUT2D eigenvalue weighted by Crippen LogP contribution is -2.13. The number of fused-ring (bicyclic) bond motifs is 1. The summed E-state index contributed by atoms with van der Waals surface area (Å²) in [5, 5.41) is 2.15. The number of aryl methyl sites for hydroxylation is 1. The molecule has 4 aromatic rings. The zero-order valence-electron chi connectivity index (χ0n) is 13.0. The first kappa shape index (κ1) is 15.5. The lowest BCUT2D eigenvalue weighted by atomic mass is 9.99. The van der Waals surface area contributed by atoms with E-state index >= 15 is 0 Å². The predicted molar refractivity (Wildman–Crippen MR) is 94.5 cm³/mol. The van der Waals surface area contributed by atoms with E-state index in [-0.39, 0.29) is 11.2 Å². The maximum absolute atomic E-state index is 13.3. The van der Waals surface area contributed by atoms with E-state index < -0.39 is 11.3 Å². The molecular formula is C19H11FO4S. The number of benzene rings is 1. The molecule has 3 heterocycles. The van der Waals surface area contributed by atoms with Gasteiger partial charge < -0.3 is 8.83 Å². The van der Waals surface area contributed by atoms with E-state index in [1.165, 1.54) is 23.5 Å². The van der Waals surface area contributed by atoms with Gasteiger partial charge in [0.1, 0.15) is 17.3 Å². The van der Waals surface area contributed by atoms with Gasteiger partial charge in [-0.15, -0.1) is 11.3 Å². The van der Waals surface area contributed by atoms with E-state index in [1.54, 1.807) is 25.1 Å². The molecule has 0 N–H and O–H groups in total. The van der Waals surface area contributed by atoms with Crippen LogP contribution in [0.15, 0.2) is 66.3 Å². The van der Waals surface area contributed by atoms with Gasteiger partial charge in [-0.1, -0.05) is 18.2 Å².